The van der Waals surface area contributed by atoms with Crippen LogP contribution in [0, 0.1) is 6.92 Å². The average molecular weight is 447 g/mol. The number of aryl methyl sites for hydroxylation is 2. The molecule has 1 aliphatic heterocycles. The largest absolute Gasteiger partial charge is 0.310 e. The molecule has 1 aromatic heterocycles. The Bertz CT molecular complexity index is 1100. The van der Waals surface area contributed by atoms with Gasteiger partial charge in [-0.1, -0.05) is 38.8 Å². The normalized spacial score (nSPS) is 14.5. The van der Waals surface area contributed by atoms with E-state index in [1.54, 1.807) is 26.1 Å². The molecular weight excluding hydrogens is 416 g/mol. The summed E-state index contributed by atoms with van der Waals surface area (Å²) in [4.78, 5) is 25.0. The van der Waals surface area contributed by atoms with Crippen LogP contribution in [0.4, 0.5) is 5.82 Å². The molecule has 168 valence electrons. The standard InChI is InChI=1S/C22H30N4O4S/c1-5-7-13-25(4)31(29,30)18-14-16(10-9-15(18)3)21-17(8-6-2)24-26-20(28)12-11-19(27)23-22(21)26/h9-10,14H,5-8,11-13H2,1-4H3,(H,23,27). The van der Waals surface area contributed by atoms with Crippen molar-refractivity contribution >= 4 is 27.7 Å². The number of nitrogens with zero attached hydrogens (tertiary/aromatic N) is 3. The first-order chi connectivity index (χ1) is 14.7. The molecule has 0 atom stereocenters. The van der Waals surface area contributed by atoms with E-state index in [0.29, 0.717) is 41.2 Å². The molecule has 0 saturated heterocycles. The van der Waals surface area contributed by atoms with E-state index in [1.165, 1.54) is 8.99 Å². The molecule has 0 fully saturated rings. The van der Waals surface area contributed by atoms with Crippen LogP contribution in [0.15, 0.2) is 23.1 Å². The number of fused-ring (bicyclic) bond motifs is 1. The molecule has 1 aromatic carbocycles. The summed E-state index contributed by atoms with van der Waals surface area (Å²) >= 11 is 0. The lowest BCUT2D eigenvalue weighted by molar-refractivity contribution is -0.116. The van der Waals surface area contributed by atoms with Crippen molar-refractivity contribution in [2.24, 2.45) is 0 Å². The molecule has 1 amide bonds. The highest BCUT2D eigenvalue weighted by molar-refractivity contribution is 7.89. The van der Waals surface area contributed by atoms with Gasteiger partial charge in [0, 0.05) is 32.0 Å². The van der Waals surface area contributed by atoms with Gasteiger partial charge in [0.25, 0.3) is 0 Å². The Labute approximate surface area is 183 Å². The summed E-state index contributed by atoms with van der Waals surface area (Å²) < 4.78 is 29.1. The number of sulfonamides is 1. The second-order valence-electron chi connectivity index (χ2n) is 7.93. The SMILES string of the molecule is CCCCN(C)S(=O)(=O)c1cc(-c2c(CCC)nn3c2NC(=O)CCC3=O)ccc1C. The summed E-state index contributed by atoms with van der Waals surface area (Å²) in [6.07, 6.45) is 3.25. The van der Waals surface area contributed by atoms with E-state index >= 15 is 0 Å². The Balaban J connectivity index is 2.17. The number of aromatic nitrogens is 2. The Morgan fingerprint density at radius 1 is 1.16 bits per heavy atom. The number of unbranched alkanes of at least 4 members (excludes halogenated alkanes) is 1. The number of amides is 1. The number of nitrogens with one attached hydrogen (secondary N) is 1. The van der Waals surface area contributed by atoms with Crippen LogP contribution in [0.5, 0.6) is 0 Å². The van der Waals surface area contributed by atoms with Gasteiger partial charge in [-0.05, 0) is 37.0 Å². The fourth-order valence-electron chi connectivity index (χ4n) is 3.70. The van der Waals surface area contributed by atoms with E-state index in [-0.39, 0.29) is 29.6 Å². The first-order valence-corrected chi connectivity index (χ1v) is 12.2. The fraction of sp³-hybridized carbons (Fsp3) is 0.500. The van der Waals surface area contributed by atoms with Crippen molar-refractivity contribution in [3.63, 3.8) is 0 Å². The molecule has 0 spiro atoms. The molecule has 2 heterocycles. The minimum absolute atomic E-state index is 0.0846. The Hall–Kier alpha value is -2.52. The van der Waals surface area contributed by atoms with Gasteiger partial charge in [0.05, 0.1) is 10.6 Å². The number of benzene rings is 1. The summed E-state index contributed by atoms with van der Waals surface area (Å²) in [5.41, 5.74) is 2.54. The minimum atomic E-state index is -3.68. The second-order valence-corrected chi connectivity index (χ2v) is 9.95. The van der Waals surface area contributed by atoms with Gasteiger partial charge in [-0.2, -0.15) is 9.78 Å². The van der Waals surface area contributed by atoms with E-state index in [0.717, 1.165) is 19.3 Å². The van der Waals surface area contributed by atoms with Crippen LogP contribution < -0.4 is 5.32 Å². The van der Waals surface area contributed by atoms with E-state index in [4.69, 9.17) is 0 Å². The predicted molar refractivity (Wildman–Crippen MR) is 120 cm³/mol. The molecule has 3 rings (SSSR count). The van der Waals surface area contributed by atoms with Crippen LogP contribution in [-0.2, 0) is 21.2 Å². The molecule has 1 N–H and O–H groups in total. The molecule has 9 heteroatoms. The molecule has 8 nitrogen and oxygen atoms in total. The number of rotatable bonds is 8. The zero-order valence-corrected chi connectivity index (χ0v) is 19.4. The first-order valence-electron chi connectivity index (χ1n) is 10.7. The Morgan fingerprint density at radius 2 is 1.90 bits per heavy atom. The van der Waals surface area contributed by atoms with Gasteiger partial charge in [-0.15, -0.1) is 0 Å². The number of hydrogen-bond donors (Lipinski definition) is 1. The highest BCUT2D eigenvalue weighted by Crippen LogP contribution is 2.36. The van der Waals surface area contributed by atoms with Crippen LogP contribution in [0.1, 0.15) is 62.0 Å². The Morgan fingerprint density at radius 3 is 2.58 bits per heavy atom. The number of carbonyl (C=O) groups excluding carboxylic acids is 2. The summed E-state index contributed by atoms with van der Waals surface area (Å²) in [5.74, 6) is -0.186. The predicted octanol–water partition coefficient (Wildman–Crippen LogP) is 3.60. The summed E-state index contributed by atoms with van der Waals surface area (Å²) in [6, 6.07) is 5.21. The minimum Gasteiger partial charge on any atom is -0.310 e. The molecule has 0 saturated carbocycles. The smallest absolute Gasteiger partial charge is 0.249 e. The van der Waals surface area contributed by atoms with Crippen molar-refractivity contribution in [1.29, 1.82) is 0 Å². The lowest BCUT2D eigenvalue weighted by atomic mass is 10.0. The molecular formula is C22H30N4O4S. The second kappa shape index (κ2) is 9.32. The van der Waals surface area contributed by atoms with Crippen LogP contribution in [-0.4, -0.2) is 47.9 Å². The van der Waals surface area contributed by atoms with Gasteiger partial charge in [0.1, 0.15) is 5.82 Å². The number of anilines is 1. The van der Waals surface area contributed by atoms with Crippen LogP contribution in [0.2, 0.25) is 0 Å². The number of carbonyl (C=O) groups is 2. The van der Waals surface area contributed by atoms with Gasteiger partial charge < -0.3 is 5.32 Å². The molecule has 1 aliphatic rings. The van der Waals surface area contributed by atoms with E-state index in [1.807, 2.05) is 19.9 Å². The van der Waals surface area contributed by atoms with Gasteiger partial charge in [-0.25, -0.2) is 12.7 Å². The molecule has 2 aromatic rings. The van der Waals surface area contributed by atoms with Crippen LogP contribution in [0.25, 0.3) is 11.1 Å². The monoisotopic (exact) mass is 446 g/mol. The third kappa shape index (κ3) is 4.57. The summed E-state index contributed by atoms with van der Waals surface area (Å²) in [7, 11) is -2.09. The molecule has 0 unspecified atom stereocenters. The maximum absolute atomic E-state index is 13.2. The third-order valence-corrected chi connectivity index (χ3v) is 7.50. The molecule has 0 bridgehead atoms. The third-order valence-electron chi connectivity index (χ3n) is 5.50. The summed E-state index contributed by atoms with van der Waals surface area (Å²) in [5, 5.41) is 7.28. The van der Waals surface area contributed by atoms with Crippen LogP contribution >= 0.6 is 0 Å². The topological polar surface area (TPSA) is 101 Å². The van der Waals surface area contributed by atoms with Crippen molar-refractivity contribution in [2.45, 2.75) is 64.2 Å². The number of hydrogen-bond acceptors (Lipinski definition) is 5. The first kappa shape index (κ1) is 23.1. The van der Waals surface area contributed by atoms with Crippen molar-refractivity contribution in [3.8, 4) is 11.1 Å². The van der Waals surface area contributed by atoms with Gasteiger partial charge in [-0.3, -0.25) is 9.59 Å². The maximum atomic E-state index is 13.2. The van der Waals surface area contributed by atoms with Crippen LogP contribution in [0.3, 0.4) is 0 Å². The van der Waals surface area contributed by atoms with Gasteiger partial charge >= 0.3 is 0 Å². The van der Waals surface area contributed by atoms with Gasteiger partial charge in [0.15, 0.2) is 0 Å². The van der Waals surface area contributed by atoms with Crippen molar-refractivity contribution in [2.75, 3.05) is 18.9 Å². The Kier molecular flexibility index (Phi) is 6.96. The highest BCUT2D eigenvalue weighted by Gasteiger charge is 2.29. The van der Waals surface area contributed by atoms with Crippen molar-refractivity contribution < 1.29 is 18.0 Å². The molecule has 0 radical (unpaired) electrons. The molecule has 31 heavy (non-hydrogen) atoms. The average Bonchev–Trinajstić information content (AvgIpc) is 3.01. The van der Waals surface area contributed by atoms with Crippen molar-refractivity contribution in [3.05, 3.63) is 29.5 Å². The van der Waals surface area contributed by atoms with E-state index in [2.05, 4.69) is 10.4 Å². The van der Waals surface area contributed by atoms with Gasteiger partial charge in [0.2, 0.25) is 21.8 Å². The fourth-order valence-corrected chi connectivity index (χ4v) is 5.15. The lowest BCUT2D eigenvalue weighted by Crippen LogP contribution is -2.28. The lowest BCUT2D eigenvalue weighted by Gasteiger charge is -2.19. The molecule has 0 aliphatic carbocycles. The summed E-state index contributed by atoms with van der Waals surface area (Å²) in [6.45, 7) is 6.23. The van der Waals surface area contributed by atoms with E-state index in [9.17, 15) is 18.0 Å². The van der Waals surface area contributed by atoms with E-state index < -0.39 is 10.0 Å². The zero-order valence-electron chi connectivity index (χ0n) is 18.6. The quantitative estimate of drug-likeness (QED) is 0.668. The highest BCUT2D eigenvalue weighted by atomic mass is 32.2. The maximum Gasteiger partial charge on any atom is 0.249 e. The zero-order chi connectivity index (χ0) is 22.8. The van der Waals surface area contributed by atoms with Crippen molar-refractivity contribution in [1.82, 2.24) is 14.1 Å².